The highest BCUT2D eigenvalue weighted by molar-refractivity contribution is 5.91. The lowest BCUT2D eigenvalue weighted by atomic mass is 10.1. The van der Waals surface area contributed by atoms with E-state index >= 15 is 0 Å². The fraction of sp³-hybridized carbons (Fsp3) is 0.150. The van der Waals surface area contributed by atoms with Gasteiger partial charge in [0, 0.05) is 17.5 Å². The molecule has 6 heteroatoms. The zero-order chi connectivity index (χ0) is 18.8. The molecule has 1 atom stereocenters. The zero-order valence-electron chi connectivity index (χ0n) is 14.0. The number of halogens is 2. The summed E-state index contributed by atoms with van der Waals surface area (Å²) in [5, 5.41) is 9.08. The van der Waals surface area contributed by atoms with Crippen LogP contribution in [0, 0.1) is 17.6 Å². The third-order valence-electron chi connectivity index (χ3n) is 4.33. The van der Waals surface area contributed by atoms with Crippen LogP contribution in [0.25, 0.3) is 11.3 Å². The van der Waals surface area contributed by atoms with Crippen molar-refractivity contribution in [3.63, 3.8) is 0 Å². The Labute approximate surface area is 149 Å². The molecule has 134 valence electrons. The minimum absolute atomic E-state index is 0.0610. The second-order valence-electron chi connectivity index (χ2n) is 6.05. The molecular weight excluding hydrogens is 340 g/mol. The van der Waals surface area contributed by atoms with E-state index in [-0.39, 0.29) is 29.3 Å². The molecule has 4 nitrogen and oxygen atoms in total. The summed E-state index contributed by atoms with van der Waals surface area (Å²) in [5.41, 5.74) is 9.04. The van der Waals surface area contributed by atoms with Crippen molar-refractivity contribution in [2.45, 2.75) is 6.92 Å². The van der Waals surface area contributed by atoms with Gasteiger partial charge in [0.2, 0.25) is 0 Å². The van der Waals surface area contributed by atoms with E-state index in [0.29, 0.717) is 0 Å². The van der Waals surface area contributed by atoms with E-state index in [1.54, 1.807) is 12.1 Å². The van der Waals surface area contributed by atoms with E-state index in [9.17, 15) is 13.6 Å². The van der Waals surface area contributed by atoms with Gasteiger partial charge in [-0.2, -0.15) is 0 Å². The van der Waals surface area contributed by atoms with E-state index in [1.807, 2.05) is 13.0 Å². The molecular formula is C20H17F2NO3. The van der Waals surface area contributed by atoms with E-state index in [2.05, 4.69) is 0 Å². The van der Waals surface area contributed by atoms with Crippen LogP contribution in [0.3, 0.4) is 0 Å². The van der Waals surface area contributed by atoms with Crippen LogP contribution in [-0.2, 0) is 4.74 Å². The normalized spacial score (nSPS) is 16.6. The summed E-state index contributed by atoms with van der Waals surface area (Å²) in [5.74, 6) is -2.23. The molecule has 0 aliphatic heterocycles. The van der Waals surface area contributed by atoms with Gasteiger partial charge in [-0.3, -0.25) is 0 Å². The van der Waals surface area contributed by atoms with Crippen LogP contribution >= 0.6 is 0 Å². The summed E-state index contributed by atoms with van der Waals surface area (Å²) >= 11 is 0. The molecule has 0 aromatic heterocycles. The van der Waals surface area contributed by atoms with Gasteiger partial charge in [0.25, 0.3) is 0 Å². The van der Waals surface area contributed by atoms with Gasteiger partial charge in [-0.25, -0.2) is 13.6 Å². The highest BCUT2D eigenvalue weighted by atomic mass is 19.1. The number of aromatic carboxylic acids is 1. The minimum atomic E-state index is -0.976. The molecule has 0 radical (unpaired) electrons. The van der Waals surface area contributed by atoms with Crippen LogP contribution in [-0.4, -0.2) is 17.7 Å². The quantitative estimate of drug-likeness (QED) is 0.766. The molecule has 0 heterocycles. The Morgan fingerprint density at radius 1 is 1.27 bits per heavy atom. The molecule has 0 bridgehead atoms. The van der Waals surface area contributed by atoms with E-state index in [1.165, 1.54) is 18.4 Å². The number of hydrogen-bond donors (Lipinski definition) is 2. The van der Waals surface area contributed by atoms with Crippen molar-refractivity contribution in [1.29, 1.82) is 0 Å². The van der Waals surface area contributed by atoms with Crippen molar-refractivity contribution in [3.8, 4) is 0 Å². The molecule has 1 unspecified atom stereocenters. The van der Waals surface area contributed by atoms with Gasteiger partial charge in [-0.1, -0.05) is 19.1 Å². The minimum Gasteiger partial charge on any atom is -0.495 e. The second-order valence-corrected chi connectivity index (χ2v) is 6.05. The maximum absolute atomic E-state index is 13.7. The first-order valence-electron chi connectivity index (χ1n) is 7.98. The number of allylic oxidation sites excluding steroid dienone is 1. The third kappa shape index (κ3) is 3.59. The summed E-state index contributed by atoms with van der Waals surface area (Å²) < 4.78 is 32.0. The van der Waals surface area contributed by atoms with Gasteiger partial charge in [-0.05, 0) is 41.0 Å². The number of nitrogens with two attached hydrogens (primary N) is 1. The summed E-state index contributed by atoms with van der Waals surface area (Å²) in [4.78, 5) is 11.1. The van der Waals surface area contributed by atoms with Crippen molar-refractivity contribution in [1.82, 2.24) is 0 Å². The number of carboxylic acids is 1. The van der Waals surface area contributed by atoms with E-state index < -0.39 is 17.6 Å². The zero-order valence-corrected chi connectivity index (χ0v) is 14.0. The van der Waals surface area contributed by atoms with Crippen LogP contribution in [0.5, 0.6) is 0 Å². The molecule has 3 N–H and O–H groups in total. The molecule has 2 aromatic rings. The van der Waals surface area contributed by atoms with Crippen LogP contribution < -0.4 is 5.73 Å². The fourth-order valence-electron chi connectivity index (χ4n) is 2.86. The van der Waals surface area contributed by atoms with Crippen LogP contribution in [0.1, 0.15) is 28.4 Å². The Balaban J connectivity index is 1.70. The number of ether oxygens (including phenoxy) is 1. The molecule has 26 heavy (non-hydrogen) atoms. The van der Waals surface area contributed by atoms with Crippen LogP contribution in [0.15, 0.2) is 54.3 Å². The first-order valence-corrected chi connectivity index (χ1v) is 7.98. The lowest BCUT2D eigenvalue weighted by Gasteiger charge is -2.04. The average molecular weight is 357 g/mol. The van der Waals surface area contributed by atoms with Crippen molar-refractivity contribution in [3.05, 3.63) is 82.6 Å². The van der Waals surface area contributed by atoms with Crippen molar-refractivity contribution in [2.75, 3.05) is 6.61 Å². The van der Waals surface area contributed by atoms with Crippen LogP contribution in [0.4, 0.5) is 8.78 Å². The highest BCUT2D eigenvalue weighted by Gasteiger charge is 2.33. The Kier molecular flexibility index (Phi) is 4.75. The fourth-order valence-corrected chi connectivity index (χ4v) is 2.86. The summed E-state index contributed by atoms with van der Waals surface area (Å²) in [6, 6.07) is 9.85. The van der Waals surface area contributed by atoms with Crippen molar-refractivity contribution >= 4 is 17.2 Å². The topological polar surface area (TPSA) is 72.5 Å². The molecule has 0 spiro atoms. The van der Waals surface area contributed by atoms with Crippen LogP contribution in [0.2, 0.25) is 0 Å². The standard InChI is InChI=1S/C20H17F2NO3/c1-11-16(19(11)12-3-2-4-13(7-12)20(24)25)9-26-10-18(23)15-6-5-14(21)8-17(15)22/h2-8,10-11H,9,23H2,1H3,(H,24,25). The first kappa shape index (κ1) is 17.7. The lowest BCUT2D eigenvalue weighted by Crippen LogP contribution is -2.01. The first-order chi connectivity index (χ1) is 12.4. The maximum atomic E-state index is 13.7. The van der Waals surface area contributed by atoms with Gasteiger partial charge in [0.1, 0.15) is 24.5 Å². The number of carbonyl (C=O) groups is 1. The SMILES string of the molecule is CC1C(COC=C(N)c2ccc(F)cc2F)=C1c1cccc(C(=O)O)c1. The summed E-state index contributed by atoms with van der Waals surface area (Å²) in [6.45, 7) is 2.26. The Bertz CT molecular complexity index is 934. The molecule has 0 amide bonds. The summed E-state index contributed by atoms with van der Waals surface area (Å²) in [6.07, 6.45) is 1.24. The Morgan fingerprint density at radius 3 is 2.73 bits per heavy atom. The van der Waals surface area contributed by atoms with Crippen molar-refractivity contribution < 1.29 is 23.4 Å². The smallest absolute Gasteiger partial charge is 0.335 e. The molecule has 0 saturated carbocycles. The predicted molar refractivity (Wildman–Crippen MR) is 94.0 cm³/mol. The molecule has 1 aliphatic carbocycles. The lowest BCUT2D eigenvalue weighted by molar-refractivity contribution is 0.0697. The van der Waals surface area contributed by atoms with Crippen molar-refractivity contribution in [2.24, 2.45) is 11.7 Å². The number of rotatable bonds is 6. The third-order valence-corrected chi connectivity index (χ3v) is 4.33. The monoisotopic (exact) mass is 357 g/mol. The molecule has 0 fully saturated rings. The van der Waals surface area contributed by atoms with Gasteiger partial charge in [-0.15, -0.1) is 0 Å². The molecule has 3 rings (SSSR count). The predicted octanol–water partition coefficient (Wildman–Crippen LogP) is 4.04. The van der Waals surface area contributed by atoms with Gasteiger partial charge < -0.3 is 15.6 Å². The average Bonchev–Trinajstić information content (AvgIpc) is 3.24. The largest absolute Gasteiger partial charge is 0.495 e. The van der Waals surface area contributed by atoms with E-state index in [4.69, 9.17) is 15.6 Å². The van der Waals surface area contributed by atoms with Gasteiger partial charge in [0.15, 0.2) is 0 Å². The molecule has 1 aliphatic rings. The van der Waals surface area contributed by atoms with Gasteiger partial charge in [0.05, 0.1) is 11.3 Å². The molecule has 2 aromatic carbocycles. The number of benzene rings is 2. The van der Waals surface area contributed by atoms with E-state index in [0.717, 1.165) is 28.8 Å². The Morgan fingerprint density at radius 2 is 2.04 bits per heavy atom. The second kappa shape index (κ2) is 7.00. The summed E-state index contributed by atoms with van der Waals surface area (Å²) in [7, 11) is 0. The highest BCUT2D eigenvalue weighted by Crippen LogP contribution is 2.46. The Hall–Kier alpha value is -3.15. The maximum Gasteiger partial charge on any atom is 0.335 e. The molecule has 0 saturated heterocycles. The number of carboxylic acid groups (broad SMARTS) is 1. The number of hydrogen-bond acceptors (Lipinski definition) is 3. The van der Waals surface area contributed by atoms with Gasteiger partial charge >= 0.3 is 5.97 Å².